The molecule has 12 nitrogen and oxygen atoms in total. The summed E-state index contributed by atoms with van der Waals surface area (Å²) >= 11 is 0. The lowest BCUT2D eigenvalue weighted by Crippen LogP contribution is -2.50. The van der Waals surface area contributed by atoms with Crippen molar-refractivity contribution in [2.75, 3.05) is 25.1 Å². The Hall–Kier alpha value is -1.72. The number of aliphatic hydroxyl groups excluding tert-OH is 2. The zero-order valence-electron chi connectivity index (χ0n) is 32.0. The van der Waals surface area contributed by atoms with Crippen LogP contribution in [0.15, 0.2) is 28.2 Å². The third-order valence-electron chi connectivity index (χ3n) is 14.7. The largest absolute Gasteiger partial charge is 0.394 e. The number of aliphatic hydroxyl groups is 2. The van der Waals surface area contributed by atoms with Gasteiger partial charge in [0.25, 0.3) is 0 Å². The number of hydrogen-bond acceptors (Lipinski definition) is 10. The molecule has 0 bridgehead atoms. The molecule has 0 amide bonds. The van der Waals surface area contributed by atoms with Crippen LogP contribution in [-0.4, -0.2) is 89.5 Å². The average molecular weight is 804 g/mol. The molecule has 54 heavy (non-hydrogen) atoms. The van der Waals surface area contributed by atoms with Crippen LogP contribution in [0.1, 0.15) is 98.1 Å². The zero-order chi connectivity index (χ0) is 38.2. The van der Waals surface area contributed by atoms with Crippen LogP contribution in [0, 0.1) is 40.9 Å². The fourth-order valence-corrected chi connectivity index (χ4v) is 12.8. The molecule has 3 saturated carbocycles. The standard InChI is InChI=1S/C29H48N2O3S.C9H11F2N3O4.ClH/c1-17-12-26-27(30-16-17)19(3)29(34-26)11-9-22-23-7-6-20-13-21(31-35(5,32)33)8-10-28(20,4)25(23)14-24(22)18(2)15-29;10-9(11)6(16)4(3-15)18-7(9)14-2-1-5(12)13-8(14)17;/h17,19-23,25-27,30-31H,6-16H2,1-5H3;1-2,4,6-7,15-16H,3H2,(H2,12,13,17);1H/t17-,19+,20+,21+,22-,23-,25-,26+,27-,28-,29-;4-,6-,7-;/m01./s1. The van der Waals surface area contributed by atoms with Gasteiger partial charge in [-0.1, -0.05) is 31.9 Å². The first-order valence-electron chi connectivity index (χ1n) is 19.6. The summed E-state index contributed by atoms with van der Waals surface area (Å²) in [5, 5.41) is 22.0. The summed E-state index contributed by atoms with van der Waals surface area (Å²) in [5.74, 6) is 0.449. The maximum absolute atomic E-state index is 13.7. The lowest BCUT2D eigenvalue weighted by Gasteiger charge is -2.54. The summed E-state index contributed by atoms with van der Waals surface area (Å²) < 4.78 is 66.4. The monoisotopic (exact) mass is 803 g/mol. The Morgan fingerprint density at radius 1 is 1.17 bits per heavy atom. The Bertz CT molecular complexity index is 1750. The molecule has 6 N–H and O–H groups in total. The van der Waals surface area contributed by atoms with Gasteiger partial charge in [0.1, 0.15) is 11.9 Å². The van der Waals surface area contributed by atoms with Gasteiger partial charge in [0, 0.05) is 24.2 Å². The predicted molar refractivity (Wildman–Crippen MR) is 203 cm³/mol. The number of nitrogens with one attached hydrogen (secondary N) is 2. The molecule has 4 aliphatic carbocycles. The number of hydrogen-bond donors (Lipinski definition) is 5. The number of aromatic nitrogens is 2. The number of nitrogens with two attached hydrogens (primary N) is 1. The summed E-state index contributed by atoms with van der Waals surface area (Å²) in [6.07, 6.45) is 8.93. The number of ether oxygens (including phenoxy) is 2. The summed E-state index contributed by atoms with van der Waals surface area (Å²) in [6, 6.07) is 1.81. The van der Waals surface area contributed by atoms with Gasteiger partial charge in [-0.2, -0.15) is 13.8 Å². The number of alkyl halides is 2. The number of allylic oxidation sites excluding steroid dienone is 1. The van der Waals surface area contributed by atoms with Gasteiger partial charge in [0.2, 0.25) is 16.3 Å². The summed E-state index contributed by atoms with van der Waals surface area (Å²) in [4.78, 5) is 14.7. The number of piperidine rings is 1. The van der Waals surface area contributed by atoms with Gasteiger partial charge < -0.3 is 30.7 Å². The topological polar surface area (TPSA) is 178 Å². The van der Waals surface area contributed by atoms with Crippen molar-refractivity contribution >= 4 is 28.2 Å². The molecular formula is C38H60ClF2N5O7S. The van der Waals surface area contributed by atoms with Gasteiger partial charge >= 0.3 is 11.6 Å². The Morgan fingerprint density at radius 2 is 1.91 bits per heavy atom. The molecule has 0 unspecified atom stereocenters. The van der Waals surface area contributed by atoms with Crippen molar-refractivity contribution in [3.8, 4) is 0 Å². The van der Waals surface area contributed by atoms with E-state index in [1.165, 1.54) is 51.2 Å². The predicted octanol–water partition coefficient (Wildman–Crippen LogP) is 4.16. The zero-order valence-corrected chi connectivity index (χ0v) is 33.7. The molecule has 8 rings (SSSR count). The van der Waals surface area contributed by atoms with Crippen molar-refractivity contribution < 1.29 is 36.9 Å². The normalized spacial score (nSPS) is 43.9. The molecule has 0 radical (unpaired) electrons. The van der Waals surface area contributed by atoms with E-state index in [1.807, 2.05) is 0 Å². The van der Waals surface area contributed by atoms with E-state index in [0.29, 0.717) is 39.9 Å². The number of rotatable bonds is 4. The fraction of sp³-hybridized carbons (Fsp3) is 0.842. The molecule has 3 saturated heterocycles. The first-order chi connectivity index (χ1) is 24.9. The second kappa shape index (κ2) is 15.2. The number of sulfonamides is 1. The third-order valence-corrected chi connectivity index (χ3v) is 15.4. The fourth-order valence-electron chi connectivity index (χ4n) is 12.0. The first kappa shape index (κ1) is 41.9. The maximum Gasteiger partial charge on any atom is 0.351 e. The highest BCUT2D eigenvalue weighted by Crippen LogP contribution is 2.65. The molecule has 16 heteroatoms. The van der Waals surface area contributed by atoms with E-state index in [4.69, 9.17) is 20.3 Å². The quantitative estimate of drug-likeness (QED) is 0.278. The van der Waals surface area contributed by atoms with Crippen molar-refractivity contribution in [1.82, 2.24) is 19.6 Å². The van der Waals surface area contributed by atoms with Crippen molar-refractivity contribution in [2.45, 2.75) is 140 Å². The van der Waals surface area contributed by atoms with Crippen LogP contribution in [0.3, 0.4) is 0 Å². The number of halogens is 3. The Labute approximate surface area is 323 Å². The van der Waals surface area contributed by atoms with Crippen LogP contribution < -0.4 is 21.5 Å². The van der Waals surface area contributed by atoms with Gasteiger partial charge in [-0.05, 0) is 119 Å². The molecule has 4 heterocycles. The average Bonchev–Trinajstić information content (AvgIpc) is 3.63. The van der Waals surface area contributed by atoms with Crippen LogP contribution in [0.2, 0.25) is 0 Å². The number of nitrogens with zero attached hydrogens (tertiary/aromatic N) is 2. The van der Waals surface area contributed by atoms with E-state index in [2.05, 4.69) is 42.7 Å². The van der Waals surface area contributed by atoms with E-state index >= 15 is 0 Å². The second-order valence-electron chi connectivity index (χ2n) is 17.9. The van der Waals surface area contributed by atoms with Gasteiger partial charge in [-0.3, -0.25) is 4.57 Å². The van der Waals surface area contributed by atoms with E-state index < -0.39 is 46.7 Å². The van der Waals surface area contributed by atoms with Crippen molar-refractivity contribution in [3.05, 3.63) is 33.9 Å². The minimum absolute atomic E-state index is 0. The highest BCUT2D eigenvalue weighted by atomic mass is 35.5. The minimum atomic E-state index is -3.71. The molecule has 6 fully saturated rings. The van der Waals surface area contributed by atoms with Crippen LogP contribution in [0.25, 0.3) is 0 Å². The molecule has 1 aromatic rings. The Balaban J connectivity index is 0.000000222. The molecule has 3 aliphatic heterocycles. The Morgan fingerprint density at radius 3 is 2.57 bits per heavy atom. The van der Waals surface area contributed by atoms with Crippen LogP contribution in [0.5, 0.6) is 0 Å². The number of nitrogen functional groups attached to an aromatic ring is 1. The van der Waals surface area contributed by atoms with Crippen LogP contribution in [-0.2, 0) is 19.5 Å². The van der Waals surface area contributed by atoms with Crippen molar-refractivity contribution in [2.24, 2.45) is 40.9 Å². The lowest BCUT2D eigenvalue weighted by atomic mass is 9.52. The van der Waals surface area contributed by atoms with Gasteiger partial charge in [-0.25, -0.2) is 17.9 Å². The van der Waals surface area contributed by atoms with Crippen LogP contribution >= 0.6 is 12.4 Å². The second-order valence-corrected chi connectivity index (χ2v) is 19.7. The smallest absolute Gasteiger partial charge is 0.351 e. The van der Waals surface area contributed by atoms with E-state index in [9.17, 15) is 27.1 Å². The van der Waals surface area contributed by atoms with Crippen molar-refractivity contribution in [3.63, 3.8) is 0 Å². The number of fused-ring (bicyclic) bond motifs is 6. The molecular weight excluding hydrogens is 744 g/mol. The Kier molecular flexibility index (Phi) is 11.8. The van der Waals surface area contributed by atoms with Gasteiger partial charge in [-0.15, -0.1) is 12.4 Å². The van der Waals surface area contributed by atoms with Crippen LogP contribution in [0.4, 0.5) is 14.6 Å². The molecule has 306 valence electrons. The highest BCUT2D eigenvalue weighted by molar-refractivity contribution is 7.88. The van der Waals surface area contributed by atoms with E-state index in [-0.39, 0.29) is 29.9 Å². The SMILES string of the molecule is CC1=C2C[C@H]3[C@@H](CC[C@@H]4C[C@H](NS(C)(=O)=O)CC[C@@]43C)[C@@H]2CC[C@@]2(C1)O[C@@H]1C[C@H](C)CN[C@H]1[C@H]2C.Cl.Nc1ccn([C@@H]2O[C@H](CO)[C@@H](O)C2(F)F)c(=O)n1. The summed E-state index contributed by atoms with van der Waals surface area (Å²) in [5.41, 5.74) is 8.04. The molecule has 7 aliphatic rings. The van der Waals surface area contributed by atoms with Gasteiger partial charge in [0.15, 0.2) is 6.10 Å². The molecule has 14 atom stereocenters. The number of anilines is 1. The maximum atomic E-state index is 13.7. The summed E-state index contributed by atoms with van der Waals surface area (Å²) in [7, 11) is -3.13. The first-order valence-corrected chi connectivity index (χ1v) is 21.5. The highest BCUT2D eigenvalue weighted by Gasteiger charge is 2.61. The molecule has 1 spiro atoms. The van der Waals surface area contributed by atoms with Crippen molar-refractivity contribution in [1.29, 1.82) is 0 Å². The molecule has 1 aromatic heterocycles. The van der Waals surface area contributed by atoms with E-state index in [0.717, 1.165) is 55.8 Å². The van der Waals surface area contributed by atoms with Gasteiger partial charge in [0.05, 0.1) is 24.6 Å². The lowest BCUT2D eigenvalue weighted by molar-refractivity contribution is -0.140. The third kappa shape index (κ3) is 7.42. The minimum Gasteiger partial charge on any atom is -0.394 e. The molecule has 0 aromatic carbocycles. The van der Waals surface area contributed by atoms with E-state index in [1.54, 1.807) is 11.1 Å². The summed E-state index contributed by atoms with van der Waals surface area (Å²) in [6.45, 7) is 10.2.